The lowest BCUT2D eigenvalue weighted by Crippen LogP contribution is -2.51. The Labute approximate surface area is 388 Å². The largest absolute Gasteiger partial charge is 0.453 e. The van der Waals surface area contributed by atoms with Crippen molar-refractivity contribution in [3.63, 3.8) is 0 Å². The number of hydrogen-bond donors (Lipinski definition) is 3. The number of rotatable bonds is 12. The summed E-state index contributed by atoms with van der Waals surface area (Å²) in [6.07, 6.45) is 8.62. The SMILES string of the molecule is COC(=O)N[C@H](C(=O)N1CCC[C@H]1c1nc(-c2ccc([C@@H]3CSC[C@H](c4ccc(-c5c[nH]c([C@@H]6CCCN6C(=O)[CH]C(C)C)n5)cc4)N3c3ccc(C(C)(C)C)cc3)cc2)c[nH]1)C(C)C. The third-order valence-electron chi connectivity index (χ3n) is 13.2. The number of imidazole rings is 2. The van der Waals surface area contributed by atoms with Gasteiger partial charge in [0.25, 0.3) is 0 Å². The molecule has 0 aliphatic carbocycles. The molecule has 3 saturated heterocycles. The molecule has 3 amide bonds. The minimum absolute atomic E-state index is 0.0345. The summed E-state index contributed by atoms with van der Waals surface area (Å²) in [7, 11) is 1.31. The van der Waals surface area contributed by atoms with E-state index in [1.165, 1.54) is 29.5 Å². The van der Waals surface area contributed by atoms with Crippen molar-refractivity contribution in [2.75, 3.05) is 36.6 Å². The Bertz CT molecular complexity index is 2420. The van der Waals surface area contributed by atoms with E-state index in [0.29, 0.717) is 6.54 Å². The molecule has 3 aliphatic rings. The minimum Gasteiger partial charge on any atom is -0.453 e. The topological polar surface area (TPSA) is 140 Å². The van der Waals surface area contributed by atoms with Crippen LogP contribution < -0.4 is 10.2 Å². The van der Waals surface area contributed by atoms with E-state index in [-0.39, 0.29) is 53.2 Å². The van der Waals surface area contributed by atoms with Gasteiger partial charge < -0.3 is 34.7 Å². The zero-order valence-corrected chi connectivity index (χ0v) is 40.0. The molecular weight excluding hydrogens is 833 g/mol. The molecule has 3 N–H and O–H groups in total. The smallest absolute Gasteiger partial charge is 0.407 e. The summed E-state index contributed by atoms with van der Waals surface area (Å²) in [5, 5.41) is 2.73. The number of carbonyl (C=O) groups excluding carboxylic acids is 3. The van der Waals surface area contributed by atoms with Gasteiger partial charge in [-0.1, -0.05) is 109 Å². The van der Waals surface area contributed by atoms with Crippen LogP contribution in [-0.4, -0.2) is 85.4 Å². The van der Waals surface area contributed by atoms with Crippen LogP contribution >= 0.6 is 11.8 Å². The van der Waals surface area contributed by atoms with Gasteiger partial charge in [-0.15, -0.1) is 0 Å². The Morgan fingerprint density at radius 2 is 1.25 bits per heavy atom. The lowest BCUT2D eigenvalue weighted by Gasteiger charge is -2.44. The molecule has 3 fully saturated rings. The van der Waals surface area contributed by atoms with E-state index in [1.807, 2.05) is 61.7 Å². The van der Waals surface area contributed by atoms with E-state index in [9.17, 15) is 14.4 Å². The first kappa shape index (κ1) is 46.0. The highest BCUT2D eigenvalue weighted by Gasteiger charge is 2.38. The summed E-state index contributed by atoms with van der Waals surface area (Å²) in [6.45, 7) is 16.0. The van der Waals surface area contributed by atoms with Crippen molar-refractivity contribution in [3.8, 4) is 22.5 Å². The van der Waals surface area contributed by atoms with Crippen LogP contribution in [0.25, 0.3) is 22.5 Å². The average Bonchev–Trinajstić information content (AvgIpc) is 4.15. The van der Waals surface area contributed by atoms with Crippen molar-refractivity contribution >= 4 is 35.4 Å². The van der Waals surface area contributed by atoms with E-state index in [1.54, 1.807) is 6.42 Å². The Kier molecular flexibility index (Phi) is 13.8. The standard InChI is InChI=1S/C52H65N8O4S/c1-32(2)27-46(61)58-25-9-11-42(58)48-53-28-40(55-48)34-13-17-36(18-14-34)44-30-65-31-45(60(44)39-23-21-38(22-24-39)52(5,6)7)37-19-15-35(16-20-37)41-29-54-49(56-41)43-12-10-26-59(43)50(62)47(33(3)4)57-51(63)64-8/h13-24,27-29,32-33,42-45,47H,9-12,25-26,30-31H2,1-8H3,(H,53,55)(H,54,56)(H,57,63)/t42-,43-,44+,45-,47-/m0/s1. The molecule has 5 heterocycles. The number of nitrogens with zero attached hydrogens (tertiary/aromatic N) is 5. The number of alkyl carbamates (subject to hydrolysis) is 1. The van der Waals surface area contributed by atoms with Crippen LogP contribution in [0, 0.1) is 18.3 Å². The van der Waals surface area contributed by atoms with Gasteiger partial charge in [0.2, 0.25) is 11.8 Å². The molecule has 8 rings (SSSR count). The Hall–Kier alpha value is -5.56. The van der Waals surface area contributed by atoms with E-state index < -0.39 is 12.1 Å². The molecule has 2 aromatic heterocycles. The molecule has 3 aromatic carbocycles. The summed E-state index contributed by atoms with van der Waals surface area (Å²) < 4.78 is 4.81. The maximum Gasteiger partial charge on any atom is 0.407 e. The van der Waals surface area contributed by atoms with Crippen molar-refractivity contribution in [1.29, 1.82) is 0 Å². The van der Waals surface area contributed by atoms with Crippen LogP contribution in [0.4, 0.5) is 10.5 Å². The molecule has 12 nitrogen and oxygen atoms in total. The molecule has 3 aliphatic heterocycles. The van der Waals surface area contributed by atoms with Gasteiger partial charge in [0.15, 0.2) is 0 Å². The molecule has 343 valence electrons. The zero-order valence-electron chi connectivity index (χ0n) is 39.1. The molecule has 0 unspecified atom stereocenters. The number of benzene rings is 3. The number of amides is 3. The highest BCUT2D eigenvalue weighted by molar-refractivity contribution is 7.99. The van der Waals surface area contributed by atoms with Crippen LogP contribution in [0.5, 0.6) is 0 Å². The number of nitrogens with one attached hydrogen (secondary N) is 3. The van der Waals surface area contributed by atoms with E-state index in [0.717, 1.165) is 77.9 Å². The first-order valence-corrected chi connectivity index (χ1v) is 24.4. The maximum absolute atomic E-state index is 13.7. The van der Waals surface area contributed by atoms with E-state index in [4.69, 9.17) is 14.7 Å². The molecule has 5 atom stereocenters. The fourth-order valence-electron chi connectivity index (χ4n) is 9.63. The number of likely N-dealkylation sites (tertiary alicyclic amines) is 2. The number of thioether (sulfide) groups is 1. The third kappa shape index (κ3) is 10.0. The predicted molar refractivity (Wildman–Crippen MR) is 259 cm³/mol. The zero-order chi connectivity index (χ0) is 46.0. The van der Waals surface area contributed by atoms with Crippen molar-refractivity contribution < 1.29 is 19.1 Å². The molecule has 13 heteroatoms. The number of aromatic nitrogens is 4. The van der Waals surface area contributed by atoms with Crippen LogP contribution in [0.2, 0.25) is 0 Å². The van der Waals surface area contributed by atoms with Gasteiger partial charge in [0, 0.05) is 53.8 Å². The summed E-state index contributed by atoms with van der Waals surface area (Å²) in [5.41, 5.74) is 8.77. The molecule has 65 heavy (non-hydrogen) atoms. The second kappa shape index (κ2) is 19.5. The number of hydrogen-bond acceptors (Lipinski definition) is 8. The quantitative estimate of drug-likeness (QED) is 0.113. The molecular formula is C52H65N8O4S. The van der Waals surface area contributed by atoms with Gasteiger partial charge >= 0.3 is 6.09 Å². The number of ether oxygens (including phenoxy) is 1. The van der Waals surface area contributed by atoms with Gasteiger partial charge in [0.05, 0.1) is 49.1 Å². The second-order valence-corrected chi connectivity index (χ2v) is 20.6. The Balaban J connectivity index is 1.02. The van der Waals surface area contributed by atoms with Crippen molar-refractivity contribution in [3.05, 3.63) is 120 Å². The summed E-state index contributed by atoms with van der Waals surface area (Å²) >= 11 is 1.99. The molecule has 0 spiro atoms. The van der Waals surface area contributed by atoms with Crippen molar-refractivity contribution in [2.45, 2.75) is 110 Å². The van der Waals surface area contributed by atoms with Crippen LogP contribution in [0.3, 0.4) is 0 Å². The van der Waals surface area contributed by atoms with Gasteiger partial charge in [-0.3, -0.25) is 9.59 Å². The first-order valence-electron chi connectivity index (χ1n) is 23.3. The maximum atomic E-state index is 13.7. The number of H-pyrrole nitrogens is 2. The highest BCUT2D eigenvalue weighted by Crippen LogP contribution is 2.45. The van der Waals surface area contributed by atoms with Gasteiger partial charge in [0.1, 0.15) is 17.7 Å². The number of methoxy groups -OCH3 is 1. The monoisotopic (exact) mass is 897 g/mol. The van der Waals surface area contributed by atoms with Gasteiger partial charge in [-0.05, 0) is 71.8 Å². The highest BCUT2D eigenvalue weighted by atomic mass is 32.2. The molecule has 0 saturated carbocycles. The molecule has 5 aromatic rings. The summed E-state index contributed by atoms with van der Waals surface area (Å²) in [6, 6.07) is 26.1. The predicted octanol–water partition coefficient (Wildman–Crippen LogP) is 10.4. The first-order chi connectivity index (χ1) is 31.2. The average molecular weight is 898 g/mol. The van der Waals surface area contributed by atoms with Crippen LogP contribution in [0.15, 0.2) is 85.2 Å². The summed E-state index contributed by atoms with van der Waals surface area (Å²) in [5.74, 6) is 3.56. The lowest BCUT2D eigenvalue weighted by atomic mass is 9.87. The van der Waals surface area contributed by atoms with E-state index in [2.05, 4.69) is 114 Å². The second-order valence-electron chi connectivity index (χ2n) is 19.5. The number of aromatic amines is 2. The fourth-order valence-corrected chi connectivity index (χ4v) is 10.9. The Morgan fingerprint density at radius 3 is 1.72 bits per heavy atom. The van der Waals surface area contributed by atoms with Gasteiger partial charge in [-0.2, -0.15) is 11.8 Å². The molecule has 0 bridgehead atoms. The normalized spacial score (nSPS) is 20.7. The van der Waals surface area contributed by atoms with Gasteiger partial charge in [-0.25, -0.2) is 14.8 Å². The Morgan fingerprint density at radius 1 is 0.738 bits per heavy atom. The fraction of sp³-hybridized carbons (Fsp3) is 0.462. The minimum atomic E-state index is -0.685. The lowest BCUT2D eigenvalue weighted by molar-refractivity contribution is -0.135. The number of anilines is 1. The third-order valence-corrected chi connectivity index (χ3v) is 14.3. The number of carbonyl (C=O) groups is 3. The van der Waals surface area contributed by atoms with E-state index >= 15 is 0 Å². The van der Waals surface area contributed by atoms with Crippen LogP contribution in [-0.2, 0) is 19.7 Å². The molecule has 1 radical (unpaired) electrons. The summed E-state index contributed by atoms with van der Waals surface area (Å²) in [4.78, 5) is 62.1. The van der Waals surface area contributed by atoms with Crippen molar-refractivity contribution in [2.24, 2.45) is 11.8 Å². The van der Waals surface area contributed by atoms with Crippen LogP contribution in [0.1, 0.15) is 127 Å². The van der Waals surface area contributed by atoms with Crippen molar-refractivity contribution in [1.82, 2.24) is 35.1 Å².